The number of hydrogen-bond acceptors (Lipinski definition) is 3. The number of carbonyl (C=O) groups is 1. The Labute approximate surface area is 113 Å². The summed E-state index contributed by atoms with van der Waals surface area (Å²) in [6.07, 6.45) is 2.48. The van der Waals surface area contributed by atoms with E-state index < -0.39 is 0 Å². The van der Waals surface area contributed by atoms with Gasteiger partial charge in [-0.15, -0.1) is 12.6 Å². The third-order valence-corrected chi connectivity index (χ3v) is 4.11. The molecular weight excluding hydrogens is 250 g/mol. The summed E-state index contributed by atoms with van der Waals surface area (Å²) < 4.78 is 0.0879. The van der Waals surface area contributed by atoms with Crippen LogP contribution in [0.4, 0.5) is 0 Å². The van der Waals surface area contributed by atoms with E-state index >= 15 is 0 Å². The summed E-state index contributed by atoms with van der Waals surface area (Å²) in [4.78, 5) is 12.6. The van der Waals surface area contributed by atoms with Gasteiger partial charge in [0.1, 0.15) is 0 Å². The van der Waals surface area contributed by atoms with Crippen LogP contribution in [0.1, 0.15) is 19.4 Å². The van der Waals surface area contributed by atoms with Gasteiger partial charge < -0.3 is 5.32 Å². The van der Waals surface area contributed by atoms with Gasteiger partial charge in [-0.2, -0.15) is 11.8 Å². The standard InChI is InChI=1S/C13H19NOS2/c1-13(2,17-3)9-14-12(15)8-10-4-6-11(16)7-5-10/h4-7,16H,8-9H2,1-3H3,(H,14,15). The number of thioether (sulfide) groups is 1. The van der Waals surface area contributed by atoms with Crippen molar-refractivity contribution in [3.63, 3.8) is 0 Å². The summed E-state index contributed by atoms with van der Waals surface area (Å²) in [5.74, 6) is 0.0686. The Morgan fingerprint density at radius 2 is 1.94 bits per heavy atom. The quantitative estimate of drug-likeness (QED) is 0.805. The van der Waals surface area contributed by atoms with E-state index in [0.29, 0.717) is 13.0 Å². The zero-order valence-corrected chi connectivity index (χ0v) is 12.2. The smallest absolute Gasteiger partial charge is 0.224 e. The molecule has 17 heavy (non-hydrogen) atoms. The van der Waals surface area contributed by atoms with Gasteiger partial charge in [0.15, 0.2) is 0 Å². The Hall–Kier alpha value is -0.610. The van der Waals surface area contributed by atoms with Gasteiger partial charge >= 0.3 is 0 Å². The van der Waals surface area contributed by atoms with E-state index in [2.05, 4.69) is 38.0 Å². The van der Waals surface area contributed by atoms with Crippen LogP contribution >= 0.6 is 24.4 Å². The minimum absolute atomic E-state index is 0.0686. The molecule has 0 unspecified atom stereocenters. The summed E-state index contributed by atoms with van der Waals surface area (Å²) in [6, 6.07) is 7.67. The first kappa shape index (κ1) is 14.5. The average molecular weight is 269 g/mol. The number of benzene rings is 1. The summed E-state index contributed by atoms with van der Waals surface area (Å²) in [6.45, 7) is 4.93. The number of carbonyl (C=O) groups excluding carboxylic acids is 1. The minimum atomic E-state index is 0.0686. The number of amides is 1. The molecule has 0 spiro atoms. The monoisotopic (exact) mass is 269 g/mol. The fourth-order valence-corrected chi connectivity index (χ4v) is 1.61. The van der Waals surface area contributed by atoms with Gasteiger partial charge in [0.25, 0.3) is 0 Å². The number of thiol groups is 1. The molecule has 0 saturated heterocycles. The summed E-state index contributed by atoms with van der Waals surface area (Å²) >= 11 is 5.96. The van der Waals surface area contributed by atoms with Crippen molar-refractivity contribution in [2.45, 2.75) is 29.9 Å². The van der Waals surface area contributed by atoms with Crippen LogP contribution in [0.5, 0.6) is 0 Å². The molecule has 0 aliphatic rings. The molecule has 1 aromatic rings. The van der Waals surface area contributed by atoms with Crippen LogP contribution in [0.2, 0.25) is 0 Å². The normalized spacial score (nSPS) is 11.3. The van der Waals surface area contributed by atoms with E-state index in [0.717, 1.165) is 10.5 Å². The predicted octanol–water partition coefficient (Wildman–Crippen LogP) is 2.78. The maximum absolute atomic E-state index is 11.7. The van der Waals surface area contributed by atoms with Crippen molar-refractivity contribution in [2.75, 3.05) is 12.8 Å². The van der Waals surface area contributed by atoms with Crippen LogP contribution in [0.25, 0.3) is 0 Å². The topological polar surface area (TPSA) is 29.1 Å². The van der Waals surface area contributed by atoms with Gasteiger partial charge in [0.2, 0.25) is 5.91 Å². The highest BCUT2D eigenvalue weighted by Gasteiger charge is 2.16. The highest BCUT2D eigenvalue weighted by atomic mass is 32.2. The van der Waals surface area contributed by atoms with E-state index in [4.69, 9.17) is 0 Å². The van der Waals surface area contributed by atoms with Crippen molar-refractivity contribution in [2.24, 2.45) is 0 Å². The summed E-state index contributed by atoms with van der Waals surface area (Å²) in [5, 5.41) is 2.96. The maximum atomic E-state index is 11.7. The van der Waals surface area contributed by atoms with Gasteiger partial charge in [0, 0.05) is 16.2 Å². The molecule has 0 aromatic heterocycles. The lowest BCUT2D eigenvalue weighted by Crippen LogP contribution is -2.36. The summed E-state index contributed by atoms with van der Waals surface area (Å²) in [7, 11) is 0. The van der Waals surface area contributed by atoms with Gasteiger partial charge in [-0.3, -0.25) is 4.79 Å². The fourth-order valence-electron chi connectivity index (χ4n) is 1.25. The number of nitrogens with one attached hydrogen (secondary N) is 1. The molecule has 0 heterocycles. The van der Waals surface area contributed by atoms with Gasteiger partial charge in [-0.25, -0.2) is 0 Å². The number of rotatable bonds is 5. The van der Waals surface area contributed by atoms with Crippen molar-refractivity contribution < 1.29 is 4.79 Å². The first-order chi connectivity index (χ1) is 7.93. The first-order valence-electron chi connectivity index (χ1n) is 5.53. The lowest BCUT2D eigenvalue weighted by atomic mass is 10.1. The van der Waals surface area contributed by atoms with E-state index in [9.17, 15) is 4.79 Å². The van der Waals surface area contributed by atoms with Gasteiger partial charge in [-0.05, 0) is 37.8 Å². The highest BCUT2D eigenvalue weighted by molar-refractivity contribution is 7.99. The van der Waals surface area contributed by atoms with Crippen LogP contribution in [0, 0.1) is 0 Å². The molecule has 94 valence electrons. The van der Waals surface area contributed by atoms with Crippen molar-refractivity contribution in [3.05, 3.63) is 29.8 Å². The highest BCUT2D eigenvalue weighted by Crippen LogP contribution is 2.19. The van der Waals surface area contributed by atoms with Crippen LogP contribution < -0.4 is 5.32 Å². The molecule has 1 aromatic carbocycles. The van der Waals surface area contributed by atoms with Crippen molar-refractivity contribution in [1.82, 2.24) is 5.32 Å². The van der Waals surface area contributed by atoms with Crippen LogP contribution in [-0.2, 0) is 11.2 Å². The van der Waals surface area contributed by atoms with Crippen LogP contribution in [0.15, 0.2) is 29.2 Å². The molecule has 2 nitrogen and oxygen atoms in total. The molecular formula is C13H19NOS2. The van der Waals surface area contributed by atoms with E-state index in [-0.39, 0.29) is 10.7 Å². The molecule has 0 bridgehead atoms. The molecule has 0 radical (unpaired) electrons. The molecule has 0 aliphatic carbocycles. The second-order valence-corrected chi connectivity index (χ2v) is 6.61. The van der Waals surface area contributed by atoms with E-state index in [1.165, 1.54) is 0 Å². The minimum Gasteiger partial charge on any atom is -0.354 e. The third-order valence-electron chi connectivity index (χ3n) is 2.56. The van der Waals surface area contributed by atoms with E-state index in [1.807, 2.05) is 24.3 Å². The Bertz CT molecular complexity index is 374. The Morgan fingerprint density at radius 1 is 1.35 bits per heavy atom. The largest absolute Gasteiger partial charge is 0.354 e. The zero-order valence-electron chi connectivity index (χ0n) is 10.5. The van der Waals surface area contributed by atoms with E-state index in [1.54, 1.807) is 11.8 Å². The molecule has 0 aliphatic heterocycles. The van der Waals surface area contributed by atoms with Gasteiger partial charge in [0.05, 0.1) is 6.42 Å². The molecule has 1 N–H and O–H groups in total. The zero-order chi connectivity index (χ0) is 12.9. The molecule has 1 rings (SSSR count). The maximum Gasteiger partial charge on any atom is 0.224 e. The van der Waals surface area contributed by atoms with Crippen molar-refractivity contribution in [3.8, 4) is 0 Å². The Kier molecular flexibility index (Phi) is 5.40. The second-order valence-electron chi connectivity index (χ2n) is 4.58. The molecule has 0 saturated carbocycles. The Morgan fingerprint density at radius 3 is 2.47 bits per heavy atom. The van der Waals surface area contributed by atoms with Gasteiger partial charge in [-0.1, -0.05) is 12.1 Å². The molecule has 1 amide bonds. The lowest BCUT2D eigenvalue weighted by molar-refractivity contribution is -0.120. The molecule has 0 fully saturated rings. The van der Waals surface area contributed by atoms with Crippen molar-refractivity contribution >= 4 is 30.3 Å². The SMILES string of the molecule is CSC(C)(C)CNC(=O)Cc1ccc(S)cc1. The lowest BCUT2D eigenvalue weighted by Gasteiger charge is -2.22. The van der Waals surface area contributed by atoms with Crippen LogP contribution in [0.3, 0.4) is 0 Å². The molecule has 0 atom stereocenters. The van der Waals surface area contributed by atoms with Crippen molar-refractivity contribution in [1.29, 1.82) is 0 Å². The summed E-state index contributed by atoms with van der Waals surface area (Å²) in [5.41, 5.74) is 1.02. The average Bonchev–Trinajstić information content (AvgIpc) is 2.30. The number of hydrogen-bond donors (Lipinski definition) is 2. The first-order valence-corrected chi connectivity index (χ1v) is 7.20. The fraction of sp³-hybridized carbons (Fsp3) is 0.462. The molecule has 4 heteroatoms. The Balaban J connectivity index is 2.42. The van der Waals surface area contributed by atoms with Crippen LogP contribution in [-0.4, -0.2) is 23.5 Å². The predicted molar refractivity (Wildman–Crippen MR) is 78.0 cm³/mol. The third kappa shape index (κ3) is 5.50. The second kappa shape index (κ2) is 6.36.